The molecular formula is C17H18N2OS. The Morgan fingerprint density at radius 3 is 2.90 bits per heavy atom. The summed E-state index contributed by atoms with van der Waals surface area (Å²) in [7, 11) is 0. The molecule has 1 heterocycles. The highest BCUT2D eigenvalue weighted by molar-refractivity contribution is 7.12. The summed E-state index contributed by atoms with van der Waals surface area (Å²) in [6.45, 7) is 4.77. The van der Waals surface area contributed by atoms with E-state index in [1.165, 1.54) is 16.9 Å². The Bertz CT molecular complexity index is 680. The fraction of sp³-hybridized carbons (Fsp3) is 0.412. The van der Waals surface area contributed by atoms with Crippen molar-refractivity contribution in [3.63, 3.8) is 0 Å². The van der Waals surface area contributed by atoms with Crippen LogP contribution in [-0.4, -0.2) is 4.98 Å². The molecule has 1 fully saturated rings. The van der Waals surface area contributed by atoms with E-state index in [-0.39, 0.29) is 0 Å². The van der Waals surface area contributed by atoms with E-state index in [0.29, 0.717) is 18.4 Å². The van der Waals surface area contributed by atoms with E-state index >= 15 is 0 Å². The number of rotatable bonds is 5. The minimum atomic E-state index is 0.438. The number of benzene rings is 1. The molecule has 0 atom stereocenters. The lowest BCUT2D eigenvalue weighted by molar-refractivity contribution is 0.305. The monoisotopic (exact) mass is 298 g/mol. The molecule has 0 spiro atoms. The molecule has 1 aliphatic rings. The van der Waals surface area contributed by atoms with Gasteiger partial charge in [0.15, 0.2) is 0 Å². The van der Waals surface area contributed by atoms with Crippen LogP contribution < -0.4 is 4.74 Å². The van der Waals surface area contributed by atoms with Crippen LogP contribution >= 0.6 is 11.3 Å². The molecular weight excluding hydrogens is 280 g/mol. The zero-order chi connectivity index (χ0) is 14.8. The summed E-state index contributed by atoms with van der Waals surface area (Å²) in [5, 5.41) is 10.1. The molecule has 108 valence electrons. The van der Waals surface area contributed by atoms with E-state index in [0.717, 1.165) is 34.2 Å². The molecule has 0 unspecified atom stereocenters. The second-order valence-corrected chi connectivity index (χ2v) is 6.81. The lowest BCUT2D eigenvalue weighted by atomic mass is 10.0. The van der Waals surface area contributed by atoms with Gasteiger partial charge in [-0.3, -0.25) is 0 Å². The summed E-state index contributed by atoms with van der Waals surface area (Å²) < 4.78 is 5.83. The number of nitrogens with zero attached hydrogens (tertiary/aromatic N) is 2. The maximum atomic E-state index is 9.17. The Hall–Kier alpha value is -1.86. The molecule has 0 N–H and O–H groups in total. The molecule has 0 bridgehead atoms. The smallest absolute Gasteiger partial charge is 0.140 e. The van der Waals surface area contributed by atoms with E-state index in [9.17, 15) is 5.26 Å². The molecule has 1 aromatic heterocycles. The quantitative estimate of drug-likeness (QED) is 0.810. The minimum Gasteiger partial charge on any atom is -0.486 e. The number of hydrogen-bond donors (Lipinski definition) is 0. The van der Waals surface area contributed by atoms with Crippen LogP contribution in [0.4, 0.5) is 0 Å². The number of aromatic nitrogens is 1. The van der Waals surface area contributed by atoms with Gasteiger partial charge in [-0.15, -0.1) is 11.3 Å². The van der Waals surface area contributed by atoms with Gasteiger partial charge in [0.2, 0.25) is 0 Å². The molecule has 21 heavy (non-hydrogen) atoms. The van der Waals surface area contributed by atoms with Gasteiger partial charge >= 0.3 is 0 Å². The first-order valence-electron chi connectivity index (χ1n) is 7.30. The van der Waals surface area contributed by atoms with Crippen LogP contribution in [0.25, 0.3) is 0 Å². The highest BCUT2D eigenvalue weighted by Crippen LogP contribution is 2.42. The number of thiazole rings is 1. The third kappa shape index (κ3) is 3.25. The maximum absolute atomic E-state index is 9.17. The van der Waals surface area contributed by atoms with Gasteiger partial charge in [-0.2, -0.15) is 5.26 Å². The fourth-order valence-corrected chi connectivity index (χ4v) is 3.12. The van der Waals surface area contributed by atoms with E-state index in [1.54, 1.807) is 0 Å². The van der Waals surface area contributed by atoms with Crippen molar-refractivity contribution in [1.82, 2.24) is 4.98 Å². The third-order valence-electron chi connectivity index (χ3n) is 3.65. The predicted molar refractivity (Wildman–Crippen MR) is 83.7 cm³/mol. The van der Waals surface area contributed by atoms with Crippen LogP contribution in [0.5, 0.6) is 5.75 Å². The van der Waals surface area contributed by atoms with Crippen LogP contribution in [0.3, 0.4) is 0 Å². The van der Waals surface area contributed by atoms with Gasteiger partial charge in [0, 0.05) is 5.92 Å². The second-order valence-electron chi connectivity index (χ2n) is 5.72. The van der Waals surface area contributed by atoms with Gasteiger partial charge in [-0.1, -0.05) is 26.0 Å². The summed E-state index contributed by atoms with van der Waals surface area (Å²) in [5.74, 6) is 1.86. The summed E-state index contributed by atoms with van der Waals surface area (Å²) in [4.78, 5) is 5.34. The Balaban J connectivity index is 1.70. The van der Waals surface area contributed by atoms with Gasteiger partial charge in [-0.05, 0) is 36.5 Å². The predicted octanol–water partition coefficient (Wildman–Crippen LogP) is 4.59. The first-order valence-corrected chi connectivity index (χ1v) is 8.11. The van der Waals surface area contributed by atoms with Crippen molar-refractivity contribution in [2.24, 2.45) is 0 Å². The van der Waals surface area contributed by atoms with Crippen LogP contribution in [-0.2, 0) is 6.61 Å². The molecule has 1 saturated carbocycles. The summed E-state index contributed by atoms with van der Waals surface area (Å²) in [6, 6.07) is 10.4. The molecule has 3 rings (SSSR count). The Labute approximate surface area is 129 Å². The highest BCUT2D eigenvalue weighted by atomic mass is 32.1. The van der Waals surface area contributed by atoms with Gasteiger partial charge in [0.1, 0.15) is 28.3 Å². The van der Waals surface area contributed by atoms with Crippen molar-refractivity contribution in [2.45, 2.75) is 45.1 Å². The van der Waals surface area contributed by atoms with Crippen molar-refractivity contribution in [3.8, 4) is 11.8 Å². The topological polar surface area (TPSA) is 45.9 Å². The van der Waals surface area contributed by atoms with Crippen molar-refractivity contribution in [3.05, 3.63) is 45.4 Å². The Morgan fingerprint density at radius 1 is 1.43 bits per heavy atom. The average molecular weight is 298 g/mol. The van der Waals surface area contributed by atoms with Crippen molar-refractivity contribution >= 4 is 11.3 Å². The minimum absolute atomic E-state index is 0.438. The Morgan fingerprint density at radius 2 is 2.24 bits per heavy atom. The molecule has 0 radical (unpaired) electrons. The molecule has 1 aliphatic carbocycles. The molecule has 2 aromatic rings. The van der Waals surface area contributed by atoms with Crippen molar-refractivity contribution in [2.75, 3.05) is 0 Å². The molecule has 0 aliphatic heterocycles. The first kappa shape index (κ1) is 14.1. The molecule has 1 aromatic carbocycles. The summed E-state index contributed by atoms with van der Waals surface area (Å²) in [6.07, 6.45) is 2.32. The Kier molecular flexibility index (Phi) is 3.94. The number of hydrogen-bond acceptors (Lipinski definition) is 4. The van der Waals surface area contributed by atoms with Gasteiger partial charge < -0.3 is 4.74 Å². The molecule has 0 saturated heterocycles. The average Bonchev–Trinajstić information content (AvgIpc) is 3.25. The SMILES string of the molecule is CC(C)c1cccc(OCc2nc(C3CC3)c(C#N)s2)c1. The number of nitriles is 1. The van der Waals surface area contributed by atoms with E-state index < -0.39 is 0 Å². The third-order valence-corrected chi connectivity index (χ3v) is 4.60. The lowest BCUT2D eigenvalue weighted by Gasteiger charge is -2.08. The summed E-state index contributed by atoms with van der Waals surface area (Å²) >= 11 is 1.46. The van der Waals surface area contributed by atoms with Crippen molar-refractivity contribution in [1.29, 1.82) is 5.26 Å². The van der Waals surface area contributed by atoms with Gasteiger partial charge in [0.05, 0.1) is 5.69 Å². The van der Waals surface area contributed by atoms with Crippen LogP contribution in [0.2, 0.25) is 0 Å². The van der Waals surface area contributed by atoms with Crippen LogP contribution in [0, 0.1) is 11.3 Å². The van der Waals surface area contributed by atoms with E-state index in [2.05, 4.69) is 37.0 Å². The lowest BCUT2D eigenvalue weighted by Crippen LogP contribution is -1.96. The van der Waals surface area contributed by atoms with E-state index in [4.69, 9.17) is 4.74 Å². The fourth-order valence-electron chi connectivity index (χ4n) is 2.26. The first-order chi connectivity index (χ1) is 10.2. The van der Waals surface area contributed by atoms with Crippen LogP contribution in [0.1, 0.15) is 59.7 Å². The van der Waals surface area contributed by atoms with Gasteiger partial charge in [-0.25, -0.2) is 4.98 Å². The van der Waals surface area contributed by atoms with Crippen molar-refractivity contribution < 1.29 is 4.74 Å². The maximum Gasteiger partial charge on any atom is 0.140 e. The van der Waals surface area contributed by atoms with E-state index in [1.807, 2.05) is 12.1 Å². The highest BCUT2D eigenvalue weighted by Gasteiger charge is 2.29. The molecule has 0 amide bonds. The number of ether oxygens (including phenoxy) is 1. The largest absolute Gasteiger partial charge is 0.486 e. The normalized spacial score (nSPS) is 14.2. The summed E-state index contributed by atoms with van der Waals surface area (Å²) in [5.41, 5.74) is 2.25. The zero-order valence-corrected chi connectivity index (χ0v) is 13.1. The molecule has 4 heteroatoms. The standard InChI is InChI=1S/C17H18N2OS/c1-11(2)13-4-3-5-14(8-13)20-10-16-19-17(12-6-7-12)15(9-18)21-16/h3-5,8,11-12H,6-7,10H2,1-2H3. The van der Waals surface area contributed by atoms with Crippen LogP contribution in [0.15, 0.2) is 24.3 Å². The van der Waals surface area contributed by atoms with Gasteiger partial charge in [0.25, 0.3) is 0 Å². The second kappa shape index (κ2) is 5.87. The zero-order valence-electron chi connectivity index (χ0n) is 12.3. The molecule has 3 nitrogen and oxygen atoms in total.